The summed E-state index contributed by atoms with van der Waals surface area (Å²) in [4.78, 5) is 10.9. The van der Waals surface area contributed by atoms with E-state index in [2.05, 4.69) is 31.3 Å². The van der Waals surface area contributed by atoms with Gasteiger partial charge in [-0.3, -0.25) is 4.79 Å². The van der Waals surface area contributed by atoms with Crippen molar-refractivity contribution in [3.63, 3.8) is 0 Å². The number of hydrogen-bond donors (Lipinski definition) is 1. The van der Waals surface area contributed by atoms with Gasteiger partial charge >= 0.3 is 0 Å². The minimum absolute atomic E-state index is 0.217. The van der Waals surface area contributed by atoms with Crippen molar-refractivity contribution in [3.8, 4) is 0 Å². The van der Waals surface area contributed by atoms with E-state index in [1.165, 1.54) is 5.56 Å². The molecule has 0 aromatic heterocycles. The predicted octanol–water partition coefficient (Wildman–Crippen LogP) is 2.36. The van der Waals surface area contributed by atoms with Crippen molar-refractivity contribution in [2.24, 2.45) is 0 Å². The van der Waals surface area contributed by atoms with Crippen molar-refractivity contribution >= 4 is 5.78 Å². The fourth-order valence-electron chi connectivity index (χ4n) is 1.62. The van der Waals surface area contributed by atoms with Crippen LogP contribution in [-0.2, 0) is 17.6 Å². The standard InChI is InChI=1S/C14H21NO/c1-11(2)15-9-8-13-4-6-14(7-5-13)10-12(3)16/h4-7,11,15H,8-10H2,1-3H3. The van der Waals surface area contributed by atoms with Crippen molar-refractivity contribution in [1.82, 2.24) is 5.32 Å². The van der Waals surface area contributed by atoms with Gasteiger partial charge in [0.2, 0.25) is 0 Å². The Kier molecular flexibility index (Phi) is 5.20. The lowest BCUT2D eigenvalue weighted by molar-refractivity contribution is -0.116. The molecule has 0 saturated heterocycles. The van der Waals surface area contributed by atoms with Crippen LogP contribution in [0.2, 0.25) is 0 Å². The zero-order valence-electron chi connectivity index (χ0n) is 10.4. The van der Waals surface area contributed by atoms with Crippen LogP contribution < -0.4 is 5.32 Å². The molecule has 2 heteroatoms. The maximum Gasteiger partial charge on any atom is 0.134 e. The van der Waals surface area contributed by atoms with Crippen LogP contribution >= 0.6 is 0 Å². The number of carbonyl (C=O) groups is 1. The third-order valence-corrected chi connectivity index (χ3v) is 2.44. The number of Topliss-reactive ketones (excluding diaryl/α,β-unsaturated/α-hetero) is 1. The maximum atomic E-state index is 10.9. The molecule has 0 aliphatic rings. The monoisotopic (exact) mass is 219 g/mol. The van der Waals surface area contributed by atoms with Gasteiger partial charge in [0.1, 0.15) is 5.78 Å². The van der Waals surface area contributed by atoms with E-state index in [4.69, 9.17) is 0 Å². The molecule has 0 heterocycles. The first-order chi connectivity index (χ1) is 7.58. The van der Waals surface area contributed by atoms with Gasteiger partial charge in [-0.1, -0.05) is 38.1 Å². The molecule has 0 atom stereocenters. The smallest absolute Gasteiger partial charge is 0.134 e. The fourth-order valence-corrected chi connectivity index (χ4v) is 1.62. The molecule has 88 valence electrons. The van der Waals surface area contributed by atoms with Gasteiger partial charge < -0.3 is 5.32 Å². The van der Waals surface area contributed by atoms with Gasteiger partial charge in [-0.2, -0.15) is 0 Å². The lowest BCUT2D eigenvalue weighted by Gasteiger charge is -2.08. The van der Waals surface area contributed by atoms with Crippen molar-refractivity contribution < 1.29 is 4.79 Å². The topological polar surface area (TPSA) is 29.1 Å². The zero-order valence-corrected chi connectivity index (χ0v) is 10.4. The molecular weight excluding hydrogens is 198 g/mol. The van der Waals surface area contributed by atoms with E-state index in [1.807, 2.05) is 12.1 Å². The molecule has 0 fully saturated rings. The van der Waals surface area contributed by atoms with Crippen molar-refractivity contribution in [3.05, 3.63) is 35.4 Å². The molecule has 1 rings (SSSR count). The molecule has 0 unspecified atom stereocenters. The summed E-state index contributed by atoms with van der Waals surface area (Å²) in [6.07, 6.45) is 1.59. The molecule has 1 N–H and O–H groups in total. The van der Waals surface area contributed by atoms with Crippen molar-refractivity contribution in [2.45, 2.75) is 39.7 Å². The highest BCUT2D eigenvalue weighted by Gasteiger charge is 1.98. The number of ketones is 1. The highest BCUT2D eigenvalue weighted by molar-refractivity contribution is 5.78. The number of nitrogens with one attached hydrogen (secondary N) is 1. The summed E-state index contributed by atoms with van der Waals surface area (Å²) in [5, 5.41) is 3.39. The number of rotatable bonds is 6. The molecule has 0 amide bonds. The highest BCUT2D eigenvalue weighted by Crippen LogP contribution is 2.06. The number of carbonyl (C=O) groups excluding carboxylic acids is 1. The van der Waals surface area contributed by atoms with Gasteiger partial charge in [0.05, 0.1) is 0 Å². The molecule has 0 saturated carbocycles. The third kappa shape index (κ3) is 5.08. The van der Waals surface area contributed by atoms with Gasteiger partial charge in [-0.15, -0.1) is 0 Å². The van der Waals surface area contributed by atoms with Crippen molar-refractivity contribution in [2.75, 3.05) is 6.54 Å². The van der Waals surface area contributed by atoms with E-state index >= 15 is 0 Å². The van der Waals surface area contributed by atoms with E-state index in [1.54, 1.807) is 6.92 Å². The van der Waals surface area contributed by atoms with E-state index in [9.17, 15) is 4.79 Å². The maximum absolute atomic E-state index is 10.9. The molecule has 0 spiro atoms. The van der Waals surface area contributed by atoms with E-state index in [0.29, 0.717) is 12.5 Å². The Hall–Kier alpha value is -1.15. The van der Waals surface area contributed by atoms with Crippen LogP contribution in [0.5, 0.6) is 0 Å². The lowest BCUT2D eigenvalue weighted by atomic mass is 10.1. The van der Waals surface area contributed by atoms with Gasteiger partial charge in [-0.25, -0.2) is 0 Å². The summed E-state index contributed by atoms with van der Waals surface area (Å²) in [7, 11) is 0. The molecule has 0 aliphatic carbocycles. The van der Waals surface area contributed by atoms with Crippen LogP contribution in [0.25, 0.3) is 0 Å². The van der Waals surface area contributed by atoms with Gasteiger partial charge in [-0.05, 0) is 31.0 Å². The third-order valence-electron chi connectivity index (χ3n) is 2.44. The molecule has 0 radical (unpaired) electrons. The molecule has 0 aliphatic heterocycles. The number of hydrogen-bond acceptors (Lipinski definition) is 2. The first-order valence-corrected chi connectivity index (χ1v) is 5.88. The molecule has 16 heavy (non-hydrogen) atoms. The second kappa shape index (κ2) is 6.44. The Bertz CT molecular complexity index is 327. The fraction of sp³-hybridized carbons (Fsp3) is 0.500. The van der Waals surface area contributed by atoms with Crippen LogP contribution in [0.3, 0.4) is 0 Å². The highest BCUT2D eigenvalue weighted by atomic mass is 16.1. The second-order valence-corrected chi connectivity index (χ2v) is 4.55. The molecular formula is C14H21NO. The molecule has 0 bridgehead atoms. The lowest BCUT2D eigenvalue weighted by Crippen LogP contribution is -2.24. The summed E-state index contributed by atoms with van der Waals surface area (Å²) in [5.74, 6) is 0.217. The Morgan fingerprint density at radius 1 is 1.19 bits per heavy atom. The molecule has 1 aromatic carbocycles. The Labute approximate surface area is 98.1 Å². The van der Waals surface area contributed by atoms with Crippen molar-refractivity contribution in [1.29, 1.82) is 0 Å². The van der Waals surface area contributed by atoms with Crippen LogP contribution in [0.4, 0.5) is 0 Å². The molecule has 2 nitrogen and oxygen atoms in total. The second-order valence-electron chi connectivity index (χ2n) is 4.55. The van der Waals surface area contributed by atoms with Gasteiger partial charge in [0.15, 0.2) is 0 Å². The predicted molar refractivity (Wildman–Crippen MR) is 67.7 cm³/mol. The quantitative estimate of drug-likeness (QED) is 0.795. The first kappa shape index (κ1) is 12.9. The van der Waals surface area contributed by atoms with Crippen LogP contribution in [0.15, 0.2) is 24.3 Å². The number of benzene rings is 1. The molecule has 1 aromatic rings. The van der Waals surface area contributed by atoms with E-state index in [0.717, 1.165) is 18.5 Å². The van der Waals surface area contributed by atoms with Crippen LogP contribution in [0, 0.1) is 0 Å². The summed E-state index contributed by atoms with van der Waals surface area (Å²) in [6.45, 7) is 6.93. The minimum Gasteiger partial charge on any atom is -0.314 e. The summed E-state index contributed by atoms with van der Waals surface area (Å²) in [6, 6.07) is 8.86. The Morgan fingerprint density at radius 3 is 2.25 bits per heavy atom. The zero-order chi connectivity index (χ0) is 12.0. The van der Waals surface area contributed by atoms with E-state index < -0.39 is 0 Å². The summed E-state index contributed by atoms with van der Waals surface area (Å²) in [5.41, 5.74) is 2.42. The normalized spacial score (nSPS) is 10.8. The average Bonchev–Trinajstić information content (AvgIpc) is 2.19. The first-order valence-electron chi connectivity index (χ1n) is 5.88. The summed E-state index contributed by atoms with van der Waals surface area (Å²) < 4.78 is 0. The summed E-state index contributed by atoms with van der Waals surface area (Å²) >= 11 is 0. The minimum atomic E-state index is 0.217. The van der Waals surface area contributed by atoms with Crippen LogP contribution in [0.1, 0.15) is 31.9 Å². The largest absolute Gasteiger partial charge is 0.314 e. The Morgan fingerprint density at radius 2 is 1.75 bits per heavy atom. The van der Waals surface area contributed by atoms with Gasteiger partial charge in [0.25, 0.3) is 0 Å². The average molecular weight is 219 g/mol. The van der Waals surface area contributed by atoms with Crippen LogP contribution in [-0.4, -0.2) is 18.4 Å². The SMILES string of the molecule is CC(=O)Cc1ccc(CCNC(C)C)cc1. The Balaban J connectivity index is 2.42. The van der Waals surface area contributed by atoms with Gasteiger partial charge in [0, 0.05) is 12.5 Å². The van der Waals surface area contributed by atoms with E-state index in [-0.39, 0.29) is 5.78 Å².